The number of nitrogens with zero attached hydrogens (tertiary/aromatic N) is 1. The molecule has 1 aliphatic carbocycles. The number of likely N-dealkylation sites (tertiary alicyclic amines) is 1. The van der Waals surface area contributed by atoms with Gasteiger partial charge in [0.2, 0.25) is 5.91 Å². The number of amides is 3. The summed E-state index contributed by atoms with van der Waals surface area (Å²) >= 11 is 0. The molecule has 6 nitrogen and oxygen atoms in total. The number of piperidine rings is 1. The zero-order chi connectivity index (χ0) is 17.1. The van der Waals surface area contributed by atoms with Crippen LogP contribution >= 0.6 is 0 Å². The molecule has 3 rings (SSSR count). The Morgan fingerprint density at radius 2 is 1.79 bits per heavy atom. The molecule has 1 saturated heterocycles. The molecule has 130 valence electrons. The number of urea groups is 1. The summed E-state index contributed by atoms with van der Waals surface area (Å²) in [6, 6.07) is 7.74. The number of hydrogen-bond donors (Lipinski definition) is 3. The summed E-state index contributed by atoms with van der Waals surface area (Å²) in [5.41, 5.74) is 1.64. The Morgan fingerprint density at radius 3 is 2.42 bits per heavy atom. The lowest BCUT2D eigenvalue weighted by atomic mass is 10.0. The summed E-state index contributed by atoms with van der Waals surface area (Å²) in [7, 11) is 0. The van der Waals surface area contributed by atoms with Gasteiger partial charge in [-0.3, -0.25) is 4.79 Å². The van der Waals surface area contributed by atoms with Crippen molar-refractivity contribution in [3.8, 4) is 0 Å². The van der Waals surface area contributed by atoms with Gasteiger partial charge >= 0.3 is 6.03 Å². The van der Waals surface area contributed by atoms with E-state index in [1.165, 1.54) is 0 Å². The van der Waals surface area contributed by atoms with Crippen LogP contribution in [0.25, 0.3) is 0 Å². The van der Waals surface area contributed by atoms with Crippen LogP contribution in [0.3, 0.4) is 0 Å². The van der Waals surface area contributed by atoms with Crippen molar-refractivity contribution in [2.24, 2.45) is 0 Å². The first-order valence-electron chi connectivity index (χ1n) is 8.77. The molecule has 0 spiro atoms. The van der Waals surface area contributed by atoms with Crippen molar-refractivity contribution in [2.45, 2.75) is 57.7 Å². The maximum absolute atomic E-state index is 12.5. The standard InChI is InChI=1S/C18H26N4O2/c1-12(2)22-11-3-4-16(17(22)23)19-13-5-7-14(8-6-13)20-18(24)21-15-9-10-15/h5-8,12,15-16,19H,3-4,9-11H2,1-2H3,(H2,20,21,24)/t16-/m0/s1. The van der Waals surface area contributed by atoms with Gasteiger partial charge in [0.1, 0.15) is 6.04 Å². The quantitative estimate of drug-likeness (QED) is 0.777. The molecule has 1 saturated carbocycles. The third-order valence-electron chi connectivity index (χ3n) is 4.49. The molecule has 6 heteroatoms. The van der Waals surface area contributed by atoms with Gasteiger partial charge < -0.3 is 20.9 Å². The van der Waals surface area contributed by atoms with Crippen molar-refractivity contribution in [3.63, 3.8) is 0 Å². The summed E-state index contributed by atoms with van der Waals surface area (Å²) in [6.07, 6.45) is 4.01. The molecule has 1 aliphatic heterocycles. The number of carbonyl (C=O) groups is 2. The lowest BCUT2D eigenvalue weighted by Gasteiger charge is -2.35. The lowest BCUT2D eigenvalue weighted by molar-refractivity contribution is -0.136. The number of benzene rings is 1. The Hall–Kier alpha value is -2.24. The SMILES string of the molecule is CC(C)N1CCC[C@H](Nc2ccc(NC(=O)NC3CC3)cc2)C1=O. The second-order valence-corrected chi connectivity index (χ2v) is 6.91. The fourth-order valence-electron chi connectivity index (χ4n) is 2.98. The highest BCUT2D eigenvalue weighted by Crippen LogP contribution is 2.21. The van der Waals surface area contributed by atoms with Crippen LogP contribution in [0.1, 0.15) is 39.5 Å². The number of nitrogens with one attached hydrogen (secondary N) is 3. The summed E-state index contributed by atoms with van der Waals surface area (Å²) in [4.78, 5) is 26.1. The van der Waals surface area contributed by atoms with Gasteiger partial charge in [0.05, 0.1) is 0 Å². The summed E-state index contributed by atoms with van der Waals surface area (Å²) in [6.45, 7) is 4.94. The van der Waals surface area contributed by atoms with Gasteiger partial charge in [0.15, 0.2) is 0 Å². The van der Waals surface area contributed by atoms with Crippen molar-refractivity contribution in [1.29, 1.82) is 0 Å². The first-order chi connectivity index (χ1) is 11.5. The molecule has 2 aliphatic rings. The van der Waals surface area contributed by atoms with E-state index in [1.807, 2.05) is 43.0 Å². The Labute approximate surface area is 143 Å². The Kier molecular flexibility index (Phi) is 4.92. The van der Waals surface area contributed by atoms with Crippen LogP contribution in [0.5, 0.6) is 0 Å². The van der Waals surface area contributed by atoms with Gasteiger partial charge in [0.25, 0.3) is 0 Å². The van der Waals surface area contributed by atoms with Crippen LogP contribution in [-0.2, 0) is 4.79 Å². The van der Waals surface area contributed by atoms with Gasteiger partial charge in [-0.1, -0.05) is 0 Å². The van der Waals surface area contributed by atoms with Crippen molar-refractivity contribution >= 4 is 23.3 Å². The smallest absolute Gasteiger partial charge is 0.319 e. The van der Waals surface area contributed by atoms with E-state index < -0.39 is 0 Å². The summed E-state index contributed by atoms with van der Waals surface area (Å²) in [5.74, 6) is 0.169. The highest BCUT2D eigenvalue weighted by Gasteiger charge is 2.30. The van der Waals surface area contributed by atoms with E-state index in [1.54, 1.807) is 0 Å². The van der Waals surface area contributed by atoms with Gasteiger partial charge in [0, 0.05) is 30.0 Å². The lowest BCUT2D eigenvalue weighted by Crippen LogP contribution is -2.50. The average Bonchev–Trinajstić information content (AvgIpc) is 3.34. The predicted octanol–water partition coefficient (Wildman–Crippen LogP) is 2.78. The Bertz CT molecular complexity index is 596. The van der Waals surface area contributed by atoms with Crippen LogP contribution in [0, 0.1) is 0 Å². The number of anilines is 2. The fraction of sp³-hybridized carbons (Fsp3) is 0.556. The monoisotopic (exact) mass is 330 g/mol. The maximum atomic E-state index is 12.5. The van der Waals surface area contributed by atoms with E-state index >= 15 is 0 Å². The van der Waals surface area contributed by atoms with Crippen molar-refractivity contribution in [3.05, 3.63) is 24.3 Å². The number of hydrogen-bond acceptors (Lipinski definition) is 3. The van der Waals surface area contributed by atoms with Gasteiger partial charge in [-0.2, -0.15) is 0 Å². The van der Waals surface area contributed by atoms with Crippen LogP contribution in [-0.4, -0.2) is 41.5 Å². The molecule has 24 heavy (non-hydrogen) atoms. The van der Waals surface area contributed by atoms with E-state index in [9.17, 15) is 9.59 Å². The van der Waals surface area contributed by atoms with E-state index in [4.69, 9.17) is 0 Å². The minimum Gasteiger partial charge on any atom is -0.374 e. The van der Waals surface area contributed by atoms with Crippen molar-refractivity contribution in [2.75, 3.05) is 17.2 Å². The average molecular weight is 330 g/mol. The van der Waals surface area contributed by atoms with Crippen molar-refractivity contribution in [1.82, 2.24) is 10.2 Å². The first kappa shape index (κ1) is 16.6. The van der Waals surface area contributed by atoms with E-state index in [0.717, 1.165) is 43.6 Å². The molecule has 0 bridgehead atoms. The largest absolute Gasteiger partial charge is 0.374 e. The Balaban J connectivity index is 1.55. The zero-order valence-electron chi connectivity index (χ0n) is 14.3. The molecule has 3 amide bonds. The molecule has 0 radical (unpaired) electrons. The number of rotatable bonds is 5. The van der Waals surface area contributed by atoms with Crippen molar-refractivity contribution < 1.29 is 9.59 Å². The normalized spacial score (nSPS) is 20.9. The highest BCUT2D eigenvalue weighted by molar-refractivity contribution is 5.90. The highest BCUT2D eigenvalue weighted by atomic mass is 16.2. The first-order valence-corrected chi connectivity index (χ1v) is 8.77. The molecule has 1 atom stereocenters. The summed E-state index contributed by atoms with van der Waals surface area (Å²) in [5, 5.41) is 9.03. The predicted molar refractivity (Wildman–Crippen MR) is 95.1 cm³/mol. The molecule has 1 aromatic rings. The van der Waals surface area contributed by atoms with Gasteiger partial charge in [-0.05, 0) is 63.8 Å². The van der Waals surface area contributed by atoms with Gasteiger partial charge in [-0.25, -0.2) is 4.79 Å². The molecular weight excluding hydrogens is 304 g/mol. The van der Waals surface area contributed by atoms with Gasteiger partial charge in [-0.15, -0.1) is 0 Å². The molecule has 0 aromatic heterocycles. The summed E-state index contributed by atoms with van der Waals surface area (Å²) < 4.78 is 0. The second-order valence-electron chi connectivity index (χ2n) is 6.91. The third kappa shape index (κ3) is 4.19. The minimum atomic E-state index is -0.168. The van der Waals surface area contributed by atoms with Crippen LogP contribution in [0.4, 0.5) is 16.2 Å². The van der Waals surface area contributed by atoms with E-state index in [0.29, 0.717) is 6.04 Å². The second kappa shape index (κ2) is 7.11. The molecule has 0 unspecified atom stereocenters. The molecule has 2 fully saturated rings. The maximum Gasteiger partial charge on any atom is 0.319 e. The van der Waals surface area contributed by atoms with Crippen LogP contribution in [0.15, 0.2) is 24.3 Å². The third-order valence-corrected chi connectivity index (χ3v) is 4.49. The fourth-order valence-corrected chi connectivity index (χ4v) is 2.98. The number of carbonyl (C=O) groups excluding carboxylic acids is 2. The molecule has 1 aromatic carbocycles. The zero-order valence-corrected chi connectivity index (χ0v) is 14.3. The minimum absolute atomic E-state index is 0.159. The van der Waals surface area contributed by atoms with E-state index in [-0.39, 0.29) is 24.0 Å². The molecular formula is C18H26N4O2. The topological polar surface area (TPSA) is 73.5 Å². The molecule has 3 N–H and O–H groups in total. The molecule has 1 heterocycles. The van der Waals surface area contributed by atoms with E-state index in [2.05, 4.69) is 16.0 Å². The van der Waals surface area contributed by atoms with Crippen LogP contribution < -0.4 is 16.0 Å². The Morgan fingerprint density at radius 1 is 1.12 bits per heavy atom. The van der Waals surface area contributed by atoms with Crippen LogP contribution in [0.2, 0.25) is 0 Å².